The van der Waals surface area contributed by atoms with Crippen LogP contribution in [-0.2, 0) is 14.4 Å². The highest BCUT2D eigenvalue weighted by molar-refractivity contribution is 6.09. The smallest absolute Gasteiger partial charge is 0.239 e. The summed E-state index contributed by atoms with van der Waals surface area (Å²) in [7, 11) is 0. The predicted octanol–water partition coefficient (Wildman–Crippen LogP) is -1.42. The summed E-state index contributed by atoms with van der Waals surface area (Å²) in [6, 6.07) is 0. The zero-order valence-corrected chi connectivity index (χ0v) is 9.39. The van der Waals surface area contributed by atoms with E-state index in [0.717, 1.165) is 17.7 Å². The van der Waals surface area contributed by atoms with Crippen LogP contribution in [0.1, 0.15) is 19.3 Å². The van der Waals surface area contributed by atoms with Crippen molar-refractivity contribution in [2.24, 2.45) is 29.2 Å². The van der Waals surface area contributed by atoms with Crippen molar-refractivity contribution >= 4 is 17.7 Å². The molecule has 2 saturated carbocycles. The van der Waals surface area contributed by atoms with Crippen LogP contribution in [-0.4, -0.2) is 34.7 Å². The van der Waals surface area contributed by atoms with Crippen molar-refractivity contribution in [1.29, 1.82) is 0 Å². The second-order valence-corrected chi connectivity index (χ2v) is 5.39. The lowest BCUT2D eigenvalue weighted by atomic mass is 9.93. The molecule has 0 spiro atoms. The summed E-state index contributed by atoms with van der Waals surface area (Å²) in [5.74, 6) is -1.29. The van der Waals surface area contributed by atoms with Gasteiger partial charge in [0.05, 0.1) is 18.4 Å². The molecule has 0 aromatic rings. The van der Waals surface area contributed by atoms with Gasteiger partial charge in [-0.05, 0) is 25.2 Å². The van der Waals surface area contributed by atoms with E-state index in [9.17, 15) is 14.4 Å². The van der Waals surface area contributed by atoms with E-state index in [4.69, 9.17) is 11.5 Å². The third-order valence-corrected chi connectivity index (χ3v) is 4.14. The first-order valence-electron chi connectivity index (χ1n) is 5.89. The number of rotatable bonds is 4. The Morgan fingerprint density at radius 1 is 1.29 bits per heavy atom. The van der Waals surface area contributed by atoms with E-state index < -0.39 is 11.4 Å². The molecule has 0 aromatic carbocycles. The monoisotopic (exact) mass is 237 g/mol. The molecular weight excluding hydrogens is 222 g/mol. The molecular formula is C11H15N3O3. The van der Waals surface area contributed by atoms with Crippen LogP contribution in [0, 0.1) is 17.8 Å². The highest BCUT2D eigenvalue weighted by Crippen LogP contribution is 2.48. The van der Waals surface area contributed by atoms with Crippen LogP contribution < -0.4 is 11.5 Å². The number of piperidine rings is 1. The molecule has 3 fully saturated rings. The lowest BCUT2D eigenvalue weighted by Crippen LogP contribution is -2.61. The number of imide groups is 1. The van der Waals surface area contributed by atoms with E-state index in [2.05, 4.69) is 0 Å². The Hall–Kier alpha value is -1.43. The maximum atomic E-state index is 11.8. The predicted molar refractivity (Wildman–Crippen MR) is 57.2 cm³/mol. The molecule has 3 atom stereocenters. The van der Waals surface area contributed by atoms with Crippen molar-refractivity contribution in [3.8, 4) is 0 Å². The molecule has 2 aliphatic carbocycles. The Balaban J connectivity index is 1.79. The van der Waals surface area contributed by atoms with Crippen molar-refractivity contribution in [3.05, 3.63) is 0 Å². The summed E-state index contributed by atoms with van der Waals surface area (Å²) in [4.78, 5) is 36.2. The van der Waals surface area contributed by atoms with Crippen LogP contribution in [0.5, 0.6) is 0 Å². The van der Waals surface area contributed by atoms with E-state index >= 15 is 0 Å². The number of nitrogens with two attached hydrogens (primary N) is 2. The standard InChI is InChI=1S/C11H15N3O3/c12-10(17)11(13,5-1-2-5)4-14-8(15)6-3-7(6)9(14)16/h5-7H,1-4,13H2,(H2,12,17). The average Bonchev–Trinajstić information content (AvgIpc) is 3.15. The molecule has 0 radical (unpaired) electrons. The topological polar surface area (TPSA) is 106 Å². The van der Waals surface area contributed by atoms with Crippen LogP contribution in [0.2, 0.25) is 0 Å². The first-order chi connectivity index (χ1) is 7.95. The number of nitrogens with zero attached hydrogens (tertiary/aromatic N) is 1. The second-order valence-electron chi connectivity index (χ2n) is 5.39. The summed E-state index contributed by atoms with van der Waals surface area (Å²) in [6.07, 6.45) is 2.33. The molecule has 3 amide bonds. The van der Waals surface area contributed by atoms with Crippen molar-refractivity contribution < 1.29 is 14.4 Å². The highest BCUT2D eigenvalue weighted by atomic mass is 16.2. The molecule has 3 rings (SSSR count). The summed E-state index contributed by atoms with van der Waals surface area (Å²) >= 11 is 0. The lowest BCUT2D eigenvalue weighted by Gasteiger charge is -2.30. The summed E-state index contributed by atoms with van der Waals surface area (Å²) < 4.78 is 0. The number of hydrogen-bond donors (Lipinski definition) is 2. The van der Waals surface area contributed by atoms with Crippen LogP contribution in [0.4, 0.5) is 0 Å². The number of likely N-dealkylation sites (tertiary alicyclic amines) is 1. The van der Waals surface area contributed by atoms with Gasteiger partial charge in [-0.15, -0.1) is 0 Å². The number of hydrogen-bond acceptors (Lipinski definition) is 4. The molecule has 3 aliphatic rings. The number of fused-ring (bicyclic) bond motifs is 1. The minimum atomic E-state index is -1.23. The first kappa shape index (κ1) is 10.7. The minimum absolute atomic E-state index is 0.0116. The van der Waals surface area contributed by atoms with Crippen molar-refractivity contribution in [1.82, 2.24) is 4.90 Å². The normalized spacial score (nSPS) is 34.5. The zero-order chi connectivity index (χ0) is 12.4. The molecule has 1 heterocycles. The summed E-state index contributed by atoms with van der Waals surface area (Å²) in [6.45, 7) is -0.0440. The summed E-state index contributed by atoms with van der Waals surface area (Å²) in [5.41, 5.74) is 10.1. The second kappa shape index (κ2) is 3.07. The van der Waals surface area contributed by atoms with E-state index in [1.807, 2.05) is 0 Å². The fourth-order valence-electron chi connectivity index (χ4n) is 2.67. The molecule has 6 heteroatoms. The largest absolute Gasteiger partial charge is 0.368 e. The third-order valence-electron chi connectivity index (χ3n) is 4.14. The van der Waals surface area contributed by atoms with Gasteiger partial charge in [0, 0.05) is 0 Å². The van der Waals surface area contributed by atoms with E-state index in [-0.39, 0.29) is 36.1 Å². The quantitative estimate of drug-likeness (QED) is 0.585. The number of primary amides is 1. The van der Waals surface area contributed by atoms with Crippen LogP contribution in [0.25, 0.3) is 0 Å². The van der Waals surface area contributed by atoms with Gasteiger partial charge in [-0.1, -0.05) is 0 Å². The maximum absolute atomic E-state index is 11.8. The van der Waals surface area contributed by atoms with Gasteiger partial charge in [0.15, 0.2) is 0 Å². The number of amides is 3. The zero-order valence-electron chi connectivity index (χ0n) is 9.39. The SMILES string of the molecule is NC(=O)C(N)(CN1C(=O)C2CC2C1=O)C1CC1. The molecule has 4 N–H and O–H groups in total. The van der Waals surface area contributed by atoms with E-state index in [0.29, 0.717) is 6.42 Å². The molecule has 1 saturated heterocycles. The van der Waals surface area contributed by atoms with Gasteiger partial charge in [0.1, 0.15) is 5.54 Å². The Labute approximate surface area is 98.3 Å². The molecule has 3 unspecified atom stereocenters. The highest BCUT2D eigenvalue weighted by Gasteiger charge is 2.61. The Morgan fingerprint density at radius 3 is 2.24 bits per heavy atom. The summed E-state index contributed by atoms with van der Waals surface area (Å²) in [5, 5.41) is 0. The Kier molecular flexibility index (Phi) is 1.93. The molecule has 0 aromatic heterocycles. The third kappa shape index (κ3) is 1.40. The van der Waals surface area contributed by atoms with E-state index in [1.54, 1.807) is 0 Å². The van der Waals surface area contributed by atoms with Crippen LogP contribution >= 0.6 is 0 Å². The first-order valence-corrected chi connectivity index (χ1v) is 5.89. The van der Waals surface area contributed by atoms with Gasteiger partial charge < -0.3 is 11.5 Å². The van der Waals surface area contributed by atoms with Gasteiger partial charge in [-0.3, -0.25) is 19.3 Å². The average molecular weight is 237 g/mol. The Bertz CT molecular complexity index is 412. The lowest BCUT2D eigenvalue weighted by molar-refractivity contribution is -0.143. The molecule has 1 aliphatic heterocycles. The van der Waals surface area contributed by atoms with Crippen molar-refractivity contribution in [3.63, 3.8) is 0 Å². The molecule has 92 valence electrons. The van der Waals surface area contributed by atoms with Crippen LogP contribution in [0.15, 0.2) is 0 Å². The number of carbonyl (C=O) groups is 3. The van der Waals surface area contributed by atoms with Gasteiger partial charge >= 0.3 is 0 Å². The minimum Gasteiger partial charge on any atom is -0.368 e. The fourth-order valence-corrected chi connectivity index (χ4v) is 2.67. The van der Waals surface area contributed by atoms with Crippen molar-refractivity contribution in [2.75, 3.05) is 6.54 Å². The van der Waals surface area contributed by atoms with Crippen molar-refractivity contribution in [2.45, 2.75) is 24.8 Å². The van der Waals surface area contributed by atoms with Gasteiger partial charge in [0.2, 0.25) is 17.7 Å². The molecule has 6 nitrogen and oxygen atoms in total. The molecule has 0 bridgehead atoms. The fraction of sp³-hybridized carbons (Fsp3) is 0.727. The number of carbonyl (C=O) groups excluding carboxylic acids is 3. The van der Waals surface area contributed by atoms with Gasteiger partial charge in [-0.25, -0.2) is 0 Å². The van der Waals surface area contributed by atoms with Crippen LogP contribution in [0.3, 0.4) is 0 Å². The van der Waals surface area contributed by atoms with Gasteiger partial charge in [-0.2, -0.15) is 0 Å². The van der Waals surface area contributed by atoms with Gasteiger partial charge in [0.25, 0.3) is 0 Å². The van der Waals surface area contributed by atoms with E-state index in [1.165, 1.54) is 0 Å². The molecule has 17 heavy (non-hydrogen) atoms. The Morgan fingerprint density at radius 2 is 1.82 bits per heavy atom. The maximum Gasteiger partial charge on any atom is 0.239 e.